The molecule has 0 fully saturated rings. The number of carbonyl (C=O) groups is 1. The molecule has 1 aromatic carbocycles. The lowest BCUT2D eigenvalue weighted by Gasteiger charge is -2.05. The van der Waals surface area contributed by atoms with Gasteiger partial charge in [0.1, 0.15) is 5.82 Å². The van der Waals surface area contributed by atoms with Gasteiger partial charge in [-0.05, 0) is 31.2 Å². The molecule has 2 rings (SSSR count). The molecule has 0 spiro atoms. The molecule has 102 valence electrons. The van der Waals surface area contributed by atoms with E-state index in [1.54, 1.807) is 13.0 Å². The molecule has 0 radical (unpaired) electrons. The van der Waals surface area contributed by atoms with Crippen molar-refractivity contribution in [3.63, 3.8) is 0 Å². The van der Waals surface area contributed by atoms with E-state index in [0.717, 1.165) is 0 Å². The predicted octanol–water partition coefficient (Wildman–Crippen LogP) is 3.20. The molecule has 0 aliphatic rings. The second-order valence-corrected chi connectivity index (χ2v) is 4.51. The number of rotatable bonds is 3. The van der Waals surface area contributed by atoms with Crippen LogP contribution in [0.15, 0.2) is 36.5 Å². The van der Waals surface area contributed by atoms with Crippen molar-refractivity contribution in [2.24, 2.45) is 0 Å². The quantitative estimate of drug-likeness (QED) is 0.695. The number of nitro benzene ring substituents is 1. The first-order valence-corrected chi connectivity index (χ1v) is 6.03. The van der Waals surface area contributed by atoms with Crippen LogP contribution in [0.3, 0.4) is 0 Å². The zero-order valence-electron chi connectivity index (χ0n) is 10.5. The minimum atomic E-state index is -0.491. The van der Waals surface area contributed by atoms with E-state index in [1.165, 1.54) is 30.5 Å². The second-order valence-electron chi connectivity index (χ2n) is 4.07. The number of aryl methyl sites for hydroxylation is 1. The molecule has 0 saturated heterocycles. The van der Waals surface area contributed by atoms with E-state index in [9.17, 15) is 14.9 Å². The van der Waals surface area contributed by atoms with Gasteiger partial charge in [0.15, 0.2) is 0 Å². The van der Waals surface area contributed by atoms with Crippen molar-refractivity contribution in [3.8, 4) is 0 Å². The largest absolute Gasteiger partial charge is 0.307 e. The van der Waals surface area contributed by atoms with Crippen LogP contribution >= 0.6 is 11.6 Å². The summed E-state index contributed by atoms with van der Waals surface area (Å²) in [6.07, 6.45) is 1.47. The lowest BCUT2D eigenvalue weighted by molar-refractivity contribution is -0.385. The third kappa shape index (κ3) is 3.10. The van der Waals surface area contributed by atoms with E-state index in [2.05, 4.69) is 10.3 Å². The highest BCUT2D eigenvalue weighted by Crippen LogP contribution is 2.19. The van der Waals surface area contributed by atoms with Crippen LogP contribution in [0.25, 0.3) is 0 Å². The lowest BCUT2D eigenvalue weighted by atomic mass is 10.1. The number of nitrogens with zero attached hydrogens (tertiary/aromatic N) is 2. The van der Waals surface area contributed by atoms with Crippen LogP contribution in [0.5, 0.6) is 0 Å². The fraction of sp³-hybridized carbons (Fsp3) is 0.0769. The van der Waals surface area contributed by atoms with Gasteiger partial charge in [-0.2, -0.15) is 0 Å². The minimum Gasteiger partial charge on any atom is -0.307 e. The molecule has 2 aromatic rings. The van der Waals surface area contributed by atoms with E-state index >= 15 is 0 Å². The number of amides is 1. The van der Waals surface area contributed by atoms with E-state index in [4.69, 9.17) is 11.6 Å². The van der Waals surface area contributed by atoms with Crippen molar-refractivity contribution in [2.75, 3.05) is 5.32 Å². The van der Waals surface area contributed by atoms with Crippen molar-refractivity contribution >= 4 is 29.0 Å². The Bertz CT molecular complexity index is 688. The van der Waals surface area contributed by atoms with Gasteiger partial charge in [0.25, 0.3) is 11.6 Å². The van der Waals surface area contributed by atoms with Gasteiger partial charge < -0.3 is 5.32 Å². The zero-order chi connectivity index (χ0) is 14.7. The number of benzene rings is 1. The maximum absolute atomic E-state index is 12.0. The van der Waals surface area contributed by atoms with E-state index in [-0.39, 0.29) is 5.69 Å². The van der Waals surface area contributed by atoms with Crippen molar-refractivity contribution in [1.82, 2.24) is 4.98 Å². The van der Waals surface area contributed by atoms with Gasteiger partial charge in [-0.3, -0.25) is 14.9 Å². The average Bonchev–Trinajstić information content (AvgIpc) is 2.38. The molecule has 1 amide bonds. The van der Waals surface area contributed by atoms with Gasteiger partial charge in [-0.1, -0.05) is 11.6 Å². The maximum atomic E-state index is 12.0. The van der Waals surface area contributed by atoms with Gasteiger partial charge in [0.05, 0.1) is 4.92 Å². The summed E-state index contributed by atoms with van der Waals surface area (Å²) in [5, 5.41) is 13.7. The van der Waals surface area contributed by atoms with Gasteiger partial charge in [-0.25, -0.2) is 4.98 Å². The average molecular weight is 292 g/mol. The summed E-state index contributed by atoms with van der Waals surface area (Å²) in [5.74, 6) is -0.0868. The highest BCUT2D eigenvalue weighted by molar-refractivity contribution is 6.30. The van der Waals surface area contributed by atoms with Crippen molar-refractivity contribution in [2.45, 2.75) is 6.92 Å². The van der Waals surface area contributed by atoms with Crippen LogP contribution in [0, 0.1) is 17.0 Å². The Morgan fingerprint density at radius 2 is 2.10 bits per heavy atom. The van der Waals surface area contributed by atoms with Gasteiger partial charge in [0, 0.05) is 28.4 Å². The molecule has 6 nitrogen and oxygen atoms in total. The molecule has 1 N–H and O–H groups in total. The van der Waals surface area contributed by atoms with Crippen LogP contribution in [0.1, 0.15) is 15.9 Å². The Morgan fingerprint density at radius 3 is 2.70 bits per heavy atom. The number of pyridine rings is 1. The number of anilines is 1. The standard InChI is InChI=1S/C13H10ClN3O3/c1-8-6-9(2-3-11(8)17(19)20)13(18)16-12-7-10(14)4-5-15-12/h2-7H,1H3,(H,15,16,18). The number of hydrogen-bond donors (Lipinski definition) is 1. The molecule has 7 heteroatoms. The Balaban J connectivity index is 2.22. The summed E-state index contributed by atoms with van der Waals surface area (Å²) in [7, 11) is 0. The predicted molar refractivity (Wildman–Crippen MR) is 75.0 cm³/mol. The fourth-order valence-corrected chi connectivity index (χ4v) is 1.82. The summed E-state index contributed by atoms with van der Waals surface area (Å²) in [5.41, 5.74) is 0.707. The molecule has 1 aromatic heterocycles. The Kier molecular flexibility index (Phi) is 3.95. The molecule has 0 aliphatic heterocycles. The summed E-state index contributed by atoms with van der Waals surface area (Å²) >= 11 is 5.79. The fourth-order valence-electron chi connectivity index (χ4n) is 1.66. The van der Waals surface area contributed by atoms with Crippen molar-refractivity contribution < 1.29 is 9.72 Å². The summed E-state index contributed by atoms with van der Waals surface area (Å²) in [6, 6.07) is 7.25. The summed E-state index contributed by atoms with van der Waals surface area (Å²) in [6.45, 7) is 1.58. The highest BCUT2D eigenvalue weighted by Gasteiger charge is 2.14. The maximum Gasteiger partial charge on any atom is 0.272 e. The number of nitrogens with one attached hydrogen (secondary N) is 1. The molecule has 0 atom stereocenters. The van der Waals surface area contributed by atoms with Crippen LogP contribution in [-0.2, 0) is 0 Å². The highest BCUT2D eigenvalue weighted by atomic mass is 35.5. The third-order valence-electron chi connectivity index (χ3n) is 2.62. The Labute approximate surface area is 119 Å². The SMILES string of the molecule is Cc1cc(C(=O)Nc2cc(Cl)ccn2)ccc1[N+](=O)[O-]. The molecular formula is C13H10ClN3O3. The van der Waals surface area contributed by atoms with Crippen molar-refractivity contribution in [3.05, 3.63) is 62.8 Å². The lowest BCUT2D eigenvalue weighted by Crippen LogP contribution is -2.13. The normalized spacial score (nSPS) is 10.1. The summed E-state index contributed by atoms with van der Waals surface area (Å²) < 4.78 is 0. The topological polar surface area (TPSA) is 85.1 Å². The molecule has 0 aliphatic carbocycles. The first-order valence-electron chi connectivity index (χ1n) is 5.65. The molecule has 0 bridgehead atoms. The zero-order valence-corrected chi connectivity index (χ0v) is 11.2. The summed E-state index contributed by atoms with van der Waals surface area (Å²) in [4.78, 5) is 26.2. The molecular weight excluding hydrogens is 282 g/mol. The smallest absolute Gasteiger partial charge is 0.272 e. The van der Waals surface area contributed by atoms with Crippen LogP contribution in [0.2, 0.25) is 5.02 Å². The van der Waals surface area contributed by atoms with Crippen LogP contribution in [0.4, 0.5) is 11.5 Å². The van der Waals surface area contributed by atoms with Gasteiger partial charge >= 0.3 is 0 Å². The number of halogens is 1. The second kappa shape index (κ2) is 5.66. The minimum absolute atomic E-state index is 0.0255. The molecule has 20 heavy (non-hydrogen) atoms. The van der Waals surface area contributed by atoms with Crippen LogP contribution < -0.4 is 5.32 Å². The number of hydrogen-bond acceptors (Lipinski definition) is 4. The number of carbonyl (C=O) groups excluding carboxylic acids is 1. The molecule has 1 heterocycles. The third-order valence-corrected chi connectivity index (χ3v) is 2.85. The molecule has 0 saturated carbocycles. The Hall–Kier alpha value is -2.47. The van der Waals surface area contributed by atoms with Crippen LogP contribution in [-0.4, -0.2) is 15.8 Å². The first kappa shape index (κ1) is 14.0. The van der Waals surface area contributed by atoms with Gasteiger partial charge in [0.2, 0.25) is 0 Å². The van der Waals surface area contributed by atoms with E-state index in [0.29, 0.717) is 22.0 Å². The molecule has 0 unspecified atom stereocenters. The van der Waals surface area contributed by atoms with Gasteiger partial charge in [-0.15, -0.1) is 0 Å². The van der Waals surface area contributed by atoms with E-state index in [1.807, 2.05) is 0 Å². The number of aromatic nitrogens is 1. The van der Waals surface area contributed by atoms with Crippen molar-refractivity contribution in [1.29, 1.82) is 0 Å². The van der Waals surface area contributed by atoms with E-state index < -0.39 is 10.8 Å². The first-order chi connectivity index (χ1) is 9.47. The number of nitro groups is 1. The monoisotopic (exact) mass is 291 g/mol. The Morgan fingerprint density at radius 1 is 1.35 bits per heavy atom.